The van der Waals surface area contributed by atoms with Crippen LogP contribution in [0.3, 0.4) is 0 Å². The summed E-state index contributed by atoms with van der Waals surface area (Å²) in [6, 6.07) is 0. The van der Waals surface area contributed by atoms with Crippen molar-refractivity contribution >= 4 is 0 Å². The Labute approximate surface area is 76.6 Å². The first-order valence-electron chi connectivity index (χ1n) is 5.16. The second-order valence-corrected chi connectivity index (χ2v) is 4.14. The first-order valence-corrected chi connectivity index (χ1v) is 5.16. The van der Waals surface area contributed by atoms with Crippen LogP contribution in [-0.4, -0.2) is 6.67 Å². The van der Waals surface area contributed by atoms with Crippen LogP contribution in [0.4, 0.5) is 4.39 Å². The molecule has 0 aromatic carbocycles. The lowest BCUT2D eigenvalue weighted by Crippen LogP contribution is -2.25. The molecular weight excluding hydrogens is 151 g/mol. The molecule has 0 saturated heterocycles. The monoisotopic (exact) mass is 174 g/mol. The van der Waals surface area contributed by atoms with Crippen molar-refractivity contribution in [2.24, 2.45) is 11.3 Å². The topological polar surface area (TPSA) is 0 Å². The maximum Gasteiger partial charge on any atom is 0.0899 e. The van der Waals surface area contributed by atoms with Gasteiger partial charge in [-0.2, -0.15) is 0 Å². The first kappa shape index (κ1) is 11.9. The fourth-order valence-corrected chi connectivity index (χ4v) is 1.77. The molecule has 74 valence electrons. The summed E-state index contributed by atoms with van der Waals surface area (Å²) in [5.41, 5.74) is 0.227. The molecule has 0 N–H and O–H groups in total. The molecule has 1 heteroatoms. The molecular formula is C11H23F. The van der Waals surface area contributed by atoms with Gasteiger partial charge in [-0.05, 0) is 17.8 Å². The Hall–Kier alpha value is -0.0700. The van der Waals surface area contributed by atoms with Gasteiger partial charge in [-0.1, -0.05) is 47.0 Å². The van der Waals surface area contributed by atoms with Crippen LogP contribution in [0.5, 0.6) is 0 Å². The molecule has 0 fully saturated rings. The number of hydrogen-bond acceptors (Lipinski definition) is 0. The van der Waals surface area contributed by atoms with Crippen LogP contribution in [-0.2, 0) is 0 Å². The summed E-state index contributed by atoms with van der Waals surface area (Å²) in [4.78, 5) is 0. The van der Waals surface area contributed by atoms with Crippen molar-refractivity contribution in [2.45, 2.75) is 53.4 Å². The molecule has 0 aromatic heterocycles. The molecule has 0 aliphatic rings. The minimum absolute atomic E-state index is 0.168. The Morgan fingerprint density at radius 3 is 2.25 bits per heavy atom. The van der Waals surface area contributed by atoms with Crippen molar-refractivity contribution in [1.82, 2.24) is 0 Å². The lowest BCUT2D eigenvalue weighted by atomic mass is 9.72. The van der Waals surface area contributed by atoms with Crippen LogP contribution in [0.1, 0.15) is 53.4 Å². The molecule has 0 rings (SSSR count). The van der Waals surface area contributed by atoms with Gasteiger partial charge in [0.25, 0.3) is 0 Å². The molecule has 0 amide bonds. The summed E-state index contributed by atoms with van der Waals surface area (Å²) in [5, 5.41) is 0. The van der Waals surface area contributed by atoms with Crippen LogP contribution in [0, 0.1) is 11.3 Å². The van der Waals surface area contributed by atoms with Gasteiger partial charge in [-0.15, -0.1) is 0 Å². The van der Waals surface area contributed by atoms with Crippen LogP contribution in [0.2, 0.25) is 0 Å². The van der Waals surface area contributed by atoms with Gasteiger partial charge in [0.1, 0.15) is 0 Å². The standard InChI is InChI=1S/C11H23F/c1-5-7-10(3)11(4,6-2)8-9-12/h10H,5-9H2,1-4H3. The molecule has 0 heterocycles. The van der Waals surface area contributed by atoms with Gasteiger partial charge in [0.15, 0.2) is 0 Å². The van der Waals surface area contributed by atoms with Crippen molar-refractivity contribution in [3.63, 3.8) is 0 Å². The molecule has 0 saturated carbocycles. The van der Waals surface area contributed by atoms with E-state index in [0.29, 0.717) is 5.92 Å². The van der Waals surface area contributed by atoms with E-state index in [1.54, 1.807) is 0 Å². The van der Waals surface area contributed by atoms with Gasteiger partial charge in [0.05, 0.1) is 6.67 Å². The van der Waals surface area contributed by atoms with Crippen LogP contribution >= 0.6 is 0 Å². The van der Waals surface area contributed by atoms with E-state index in [0.717, 1.165) is 12.8 Å². The lowest BCUT2D eigenvalue weighted by molar-refractivity contribution is 0.149. The minimum Gasteiger partial charge on any atom is -0.251 e. The summed E-state index contributed by atoms with van der Waals surface area (Å²) in [5.74, 6) is 0.656. The van der Waals surface area contributed by atoms with Gasteiger partial charge >= 0.3 is 0 Å². The van der Waals surface area contributed by atoms with Gasteiger partial charge in [0, 0.05) is 0 Å². The van der Waals surface area contributed by atoms with E-state index >= 15 is 0 Å². The van der Waals surface area contributed by atoms with E-state index in [-0.39, 0.29) is 12.1 Å². The zero-order valence-electron chi connectivity index (χ0n) is 8.99. The maximum atomic E-state index is 12.3. The highest BCUT2D eigenvalue weighted by atomic mass is 19.1. The van der Waals surface area contributed by atoms with E-state index < -0.39 is 0 Å². The Bertz CT molecular complexity index is 112. The Balaban J connectivity index is 4.08. The quantitative estimate of drug-likeness (QED) is 0.566. The molecule has 0 aliphatic heterocycles. The third-order valence-electron chi connectivity index (χ3n) is 3.38. The zero-order valence-corrected chi connectivity index (χ0v) is 8.99. The highest BCUT2D eigenvalue weighted by molar-refractivity contribution is 4.78. The normalized spacial score (nSPS) is 18.8. The molecule has 0 spiro atoms. The number of halogens is 1. The average Bonchev–Trinajstić information content (AvgIpc) is 2.05. The number of hydrogen-bond donors (Lipinski definition) is 0. The van der Waals surface area contributed by atoms with Crippen molar-refractivity contribution in [3.05, 3.63) is 0 Å². The number of rotatable bonds is 6. The van der Waals surface area contributed by atoms with Gasteiger partial charge in [-0.3, -0.25) is 4.39 Å². The molecule has 2 unspecified atom stereocenters. The van der Waals surface area contributed by atoms with Gasteiger partial charge in [-0.25, -0.2) is 0 Å². The first-order chi connectivity index (χ1) is 5.60. The van der Waals surface area contributed by atoms with E-state index in [2.05, 4.69) is 27.7 Å². The SMILES string of the molecule is CCCC(C)C(C)(CC)CCF. The van der Waals surface area contributed by atoms with E-state index in [1.165, 1.54) is 12.8 Å². The van der Waals surface area contributed by atoms with E-state index in [9.17, 15) is 4.39 Å². The summed E-state index contributed by atoms with van der Waals surface area (Å²) in [6.45, 7) is 8.66. The van der Waals surface area contributed by atoms with Gasteiger partial charge in [0.2, 0.25) is 0 Å². The predicted octanol–water partition coefficient (Wildman–Crippen LogP) is 4.20. The summed E-state index contributed by atoms with van der Waals surface area (Å²) < 4.78 is 12.3. The largest absolute Gasteiger partial charge is 0.251 e. The molecule has 0 radical (unpaired) electrons. The highest BCUT2D eigenvalue weighted by Gasteiger charge is 2.27. The third kappa shape index (κ3) is 3.12. The average molecular weight is 174 g/mol. The van der Waals surface area contributed by atoms with Gasteiger partial charge < -0.3 is 0 Å². The minimum atomic E-state index is -0.168. The smallest absolute Gasteiger partial charge is 0.0899 e. The van der Waals surface area contributed by atoms with Crippen molar-refractivity contribution in [1.29, 1.82) is 0 Å². The van der Waals surface area contributed by atoms with Crippen LogP contribution in [0.15, 0.2) is 0 Å². The summed E-state index contributed by atoms with van der Waals surface area (Å²) in [7, 11) is 0. The second-order valence-electron chi connectivity index (χ2n) is 4.14. The zero-order chi connectivity index (χ0) is 9.61. The Morgan fingerprint density at radius 1 is 1.33 bits per heavy atom. The van der Waals surface area contributed by atoms with Crippen molar-refractivity contribution < 1.29 is 4.39 Å². The second kappa shape index (κ2) is 5.55. The van der Waals surface area contributed by atoms with Crippen LogP contribution in [0.25, 0.3) is 0 Å². The van der Waals surface area contributed by atoms with E-state index in [1.807, 2.05) is 0 Å². The molecule has 0 bridgehead atoms. The molecule has 2 atom stereocenters. The molecule has 0 aliphatic carbocycles. The van der Waals surface area contributed by atoms with E-state index in [4.69, 9.17) is 0 Å². The highest BCUT2D eigenvalue weighted by Crippen LogP contribution is 2.37. The fraction of sp³-hybridized carbons (Fsp3) is 1.00. The Morgan fingerprint density at radius 2 is 1.92 bits per heavy atom. The number of alkyl halides is 1. The van der Waals surface area contributed by atoms with Crippen molar-refractivity contribution in [2.75, 3.05) is 6.67 Å². The molecule has 12 heavy (non-hydrogen) atoms. The molecule has 0 aromatic rings. The summed E-state index contributed by atoms with van der Waals surface area (Å²) in [6.07, 6.45) is 4.26. The molecule has 0 nitrogen and oxygen atoms in total. The Kier molecular flexibility index (Phi) is 5.52. The predicted molar refractivity (Wildman–Crippen MR) is 53.1 cm³/mol. The van der Waals surface area contributed by atoms with Crippen molar-refractivity contribution in [3.8, 4) is 0 Å². The third-order valence-corrected chi connectivity index (χ3v) is 3.38. The lowest BCUT2D eigenvalue weighted by Gasteiger charge is -2.34. The summed E-state index contributed by atoms with van der Waals surface area (Å²) >= 11 is 0. The maximum absolute atomic E-state index is 12.3. The fourth-order valence-electron chi connectivity index (χ4n) is 1.77. The van der Waals surface area contributed by atoms with Crippen LogP contribution < -0.4 is 0 Å².